The Hall–Kier alpha value is -2.54. The summed E-state index contributed by atoms with van der Waals surface area (Å²) >= 11 is 0. The molecule has 1 aromatic carbocycles. The van der Waals surface area contributed by atoms with Crippen molar-refractivity contribution in [2.24, 2.45) is 0 Å². The Bertz CT molecular complexity index is 645. The third kappa shape index (κ3) is 2.57. The lowest BCUT2D eigenvalue weighted by Gasteiger charge is -2.27. The summed E-state index contributed by atoms with van der Waals surface area (Å²) in [4.78, 5) is 3.96. The van der Waals surface area contributed by atoms with Crippen molar-refractivity contribution < 1.29 is 0 Å². The van der Waals surface area contributed by atoms with Gasteiger partial charge in [-0.2, -0.15) is 5.26 Å². The Labute approximate surface area is 118 Å². The lowest BCUT2D eigenvalue weighted by Crippen LogP contribution is -2.32. The van der Waals surface area contributed by atoms with Crippen molar-refractivity contribution in [3.05, 3.63) is 53.9 Å². The SMILES string of the molecule is N#Cc1cnccc1NCC1CCc2ccccc2N1. The molecule has 0 radical (unpaired) electrons. The fraction of sp³-hybridized carbons (Fsp3) is 0.250. The standard InChI is InChI=1S/C16H16N4/c17-9-13-10-18-8-7-15(13)19-11-14-6-5-12-3-1-2-4-16(12)20-14/h1-4,7-8,10,14,20H,5-6,11H2,(H,18,19). The van der Waals surface area contributed by atoms with Crippen LogP contribution in [-0.4, -0.2) is 17.6 Å². The number of hydrogen-bond acceptors (Lipinski definition) is 4. The average molecular weight is 264 g/mol. The molecule has 1 atom stereocenters. The maximum Gasteiger partial charge on any atom is 0.103 e. The minimum atomic E-state index is 0.379. The van der Waals surface area contributed by atoms with Gasteiger partial charge in [-0.05, 0) is 30.5 Å². The number of aryl methyl sites for hydroxylation is 1. The maximum absolute atomic E-state index is 9.04. The predicted octanol–water partition coefficient (Wildman–Crippen LogP) is 2.79. The normalized spacial score (nSPS) is 16.6. The molecule has 2 N–H and O–H groups in total. The Balaban J connectivity index is 1.65. The van der Waals surface area contributed by atoms with Gasteiger partial charge in [0.05, 0.1) is 11.3 Å². The van der Waals surface area contributed by atoms with Crippen LogP contribution in [0.15, 0.2) is 42.7 Å². The Morgan fingerprint density at radius 3 is 3.15 bits per heavy atom. The molecule has 20 heavy (non-hydrogen) atoms. The molecule has 1 aliphatic rings. The van der Waals surface area contributed by atoms with E-state index in [0.29, 0.717) is 11.6 Å². The van der Waals surface area contributed by atoms with E-state index in [2.05, 4.69) is 46.0 Å². The smallest absolute Gasteiger partial charge is 0.103 e. The number of fused-ring (bicyclic) bond motifs is 1. The number of rotatable bonds is 3. The lowest BCUT2D eigenvalue weighted by atomic mass is 9.98. The van der Waals surface area contributed by atoms with E-state index in [-0.39, 0.29) is 0 Å². The first-order valence-electron chi connectivity index (χ1n) is 6.79. The third-order valence-corrected chi connectivity index (χ3v) is 3.62. The summed E-state index contributed by atoms with van der Waals surface area (Å²) in [5.74, 6) is 0. The molecular weight excluding hydrogens is 248 g/mol. The summed E-state index contributed by atoms with van der Waals surface area (Å²) in [6.07, 6.45) is 5.48. The molecule has 0 saturated carbocycles. The van der Waals surface area contributed by atoms with Crippen LogP contribution in [0.2, 0.25) is 0 Å². The van der Waals surface area contributed by atoms with Gasteiger partial charge in [0.2, 0.25) is 0 Å². The van der Waals surface area contributed by atoms with E-state index in [9.17, 15) is 0 Å². The summed E-state index contributed by atoms with van der Waals surface area (Å²) in [5, 5.41) is 15.9. The summed E-state index contributed by atoms with van der Waals surface area (Å²) in [6, 6.07) is 12.8. The highest BCUT2D eigenvalue weighted by Crippen LogP contribution is 2.24. The van der Waals surface area contributed by atoms with Gasteiger partial charge < -0.3 is 10.6 Å². The van der Waals surface area contributed by atoms with Crippen molar-refractivity contribution in [2.45, 2.75) is 18.9 Å². The minimum absolute atomic E-state index is 0.379. The van der Waals surface area contributed by atoms with Crippen molar-refractivity contribution in [3.8, 4) is 6.07 Å². The average Bonchev–Trinajstić information content (AvgIpc) is 2.53. The molecule has 1 aromatic heterocycles. The molecule has 2 heterocycles. The Morgan fingerprint density at radius 1 is 1.35 bits per heavy atom. The monoisotopic (exact) mass is 264 g/mol. The number of nitriles is 1. The highest BCUT2D eigenvalue weighted by molar-refractivity contribution is 5.57. The molecule has 2 aromatic rings. The number of nitrogens with one attached hydrogen (secondary N) is 2. The summed E-state index contributed by atoms with van der Waals surface area (Å²) in [6.45, 7) is 0.799. The van der Waals surface area contributed by atoms with E-state index in [0.717, 1.165) is 25.1 Å². The van der Waals surface area contributed by atoms with Gasteiger partial charge in [-0.25, -0.2) is 0 Å². The van der Waals surface area contributed by atoms with E-state index in [4.69, 9.17) is 5.26 Å². The zero-order valence-electron chi connectivity index (χ0n) is 11.1. The van der Waals surface area contributed by atoms with Crippen LogP contribution >= 0.6 is 0 Å². The molecule has 0 fully saturated rings. The number of para-hydroxylation sites is 1. The number of anilines is 2. The van der Waals surface area contributed by atoms with Gasteiger partial charge in [0.15, 0.2) is 0 Å². The van der Waals surface area contributed by atoms with Crippen LogP contribution < -0.4 is 10.6 Å². The molecule has 100 valence electrons. The van der Waals surface area contributed by atoms with Gasteiger partial charge in [-0.1, -0.05) is 18.2 Å². The Kier molecular flexibility index (Phi) is 3.51. The van der Waals surface area contributed by atoms with Crippen molar-refractivity contribution in [3.63, 3.8) is 0 Å². The van der Waals surface area contributed by atoms with Gasteiger partial charge in [-0.3, -0.25) is 4.98 Å². The van der Waals surface area contributed by atoms with Gasteiger partial charge in [0.25, 0.3) is 0 Å². The molecule has 0 bridgehead atoms. The second-order valence-electron chi connectivity index (χ2n) is 4.95. The lowest BCUT2D eigenvalue weighted by molar-refractivity contribution is 0.654. The first kappa shape index (κ1) is 12.5. The first-order chi connectivity index (χ1) is 9.86. The maximum atomic E-state index is 9.04. The number of benzene rings is 1. The number of hydrogen-bond donors (Lipinski definition) is 2. The van der Waals surface area contributed by atoms with Crippen LogP contribution in [0.25, 0.3) is 0 Å². The highest BCUT2D eigenvalue weighted by atomic mass is 15.0. The summed E-state index contributed by atoms with van der Waals surface area (Å²) in [7, 11) is 0. The zero-order chi connectivity index (χ0) is 13.8. The fourth-order valence-corrected chi connectivity index (χ4v) is 2.52. The quantitative estimate of drug-likeness (QED) is 0.895. The highest BCUT2D eigenvalue weighted by Gasteiger charge is 2.17. The Morgan fingerprint density at radius 2 is 2.25 bits per heavy atom. The van der Waals surface area contributed by atoms with Crippen molar-refractivity contribution in [1.29, 1.82) is 5.26 Å². The van der Waals surface area contributed by atoms with E-state index >= 15 is 0 Å². The molecular formula is C16H16N4. The van der Waals surface area contributed by atoms with Crippen LogP contribution in [0, 0.1) is 11.3 Å². The van der Waals surface area contributed by atoms with E-state index < -0.39 is 0 Å². The number of aromatic nitrogens is 1. The van der Waals surface area contributed by atoms with Crippen molar-refractivity contribution in [1.82, 2.24) is 4.98 Å². The minimum Gasteiger partial charge on any atom is -0.382 e. The van der Waals surface area contributed by atoms with Gasteiger partial charge in [0, 0.05) is 30.7 Å². The van der Waals surface area contributed by atoms with E-state index in [1.807, 2.05) is 6.07 Å². The van der Waals surface area contributed by atoms with Crippen LogP contribution in [0.3, 0.4) is 0 Å². The van der Waals surface area contributed by atoms with E-state index in [1.165, 1.54) is 11.3 Å². The summed E-state index contributed by atoms with van der Waals surface area (Å²) in [5.41, 5.74) is 4.04. The van der Waals surface area contributed by atoms with Crippen LogP contribution in [0.1, 0.15) is 17.5 Å². The fourth-order valence-electron chi connectivity index (χ4n) is 2.52. The molecule has 1 aliphatic heterocycles. The third-order valence-electron chi connectivity index (χ3n) is 3.62. The second-order valence-corrected chi connectivity index (χ2v) is 4.95. The van der Waals surface area contributed by atoms with E-state index in [1.54, 1.807) is 12.4 Å². The van der Waals surface area contributed by atoms with Gasteiger partial charge in [-0.15, -0.1) is 0 Å². The molecule has 4 nitrogen and oxygen atoms in total. The van der Waals surface area contributed by atoms with Crippen molar-refractivity contribution >= 4 is 11.4 Å². The summed E-state index contributed by atoms with van der Waals surface area (Å²) < 4.78 is 0. The van der Waals surface area contributed by atoms with Crippen LogP contribution in [0.4, 0.5) is 11.4 Å². The van der Waals surface area contributed by atoms with Gasteiger partial charge >= 0.3 is 0 Å². The molecule has 0 spiro atoms. The molecule has 0 amide bonds. The number of pyridine rings is 1. The largest absolute Gasteiger partial charge is 0.382 e. The molecule has 3 rings (SSSR count). The second kappa shape index (κ2) is 5.62. The first-order valence-corrected chi connectivity index (χ1v) is 6.79. The van der Waals surface area contributed by atoms with Gasteiger partial charge in [0.1, 0.15) is 6.07 Å². The molecule has 0 aliphatic carbocycles. The topological polar surface area (TPSA) is 60.7 Å². The predicted molar refractivity (Wildman–Crippen MR) is 79.6 cm³/mol. The van der Waals surface area contributed by atoms with Crippen molar-refractivity contribution in [2.75, 3.05) is 17.2 Å². The number of nitrogens with zero attached hydrogens (tertiary/aromatic N) is 2. The zero-order valence-corrected chi connectivity index (χ0v) is 11.1. The molecule has 4 heteroatoms. The molecule has 0 saturated heterocycles. The van der Waals surface area contributed by atoms with Crippen LogP contribution in [-0.2, 0) is 6.42 Å². The van der Waals surface area contributed by atoms with Crippen LogP contribution in [0.5, 0.6) is 0 Å². The molecule has 1 unspecified atom stereocenters.